The molecule has 0 saturated carbocycles. The minimum Gasteiger partial charge on any atom is -0.366 e. The van der Waals surface area contributed by atoms with Gasteiger partial charge in [0.25, 0.3) is 0 Å². The number of benzene rings is 2. The van der Waals surface area contributed by atoms with E-state index in [4.69, 9.17) is 5.73 Å². The van der Waals surface area contributed by atoms with Gasteiger partial charge in [-0.2, -0.15) is 0 Å². The van der Waals surface area contributed by atoms with Crippen LogP contribution in [0, 0.1) is 0 Å². The number of aromatic nitrogens is 1. The third-order valence-electron chi connectivity index (χ3n) is 3.03. The van der Waals surface area contributed by atoms with Gasteiger partial charge in [-0.3, -0.25) is 4.79 Å². The molecule has 1 amide bonds. The Hall–Kier alpha value is -2.55. The number of carbonyl (C=O) groups is 1. The van der Waals surface area contributed by atoms with Gasteiger partial charge >= 0.3 is 0 Å². The molecule has 0 saturated heterocycles. The van der Waals surface area contributed by atoms with Crippen molar-refractivity contribution < 1.29 is 4.79 Å². The van der Waals surface area contributed by atoms with Crippen LogP contribution >= 0.6 is 0 Å². The predicted molar refractivity (Wildman–Crippen MR) is 71.8 cm³/mol. The molecule has 0 aliphatic carbocycles. The molecule has 88 valence electrons. The number of fused-ring (bicyclic) bond motifs is 1. The summed E-state index contributed by atoms with van der Waals surface area (Å²) in [5.74, 6) is -0.397. The summed E-state index contributed by atoms with van der Waals surface area (Å²) in [6, 6.07) is 17.5. The van der Waals surface area contributed by atoms with Gasteiger partial charge in [0, 0.05) is 22.8 Å². The van der Waals surface area contributed by atoms with E-state index in [-0.39, 0.29) is 0 Å². The van der Waals surface area contributed by atoms with Gasteiger partial charge in [-0.1, -0.05) is 24.3 Å². The lowest BCUT2D eigenvalue weighted by atomic mass is 10.1. The van der Waals surface area contributed by atoms with E-state index >= 15 is 0 Å². The summed E-state index contributed by atoms with van der Waals surface area (Å²) in [5, 5.41) is 0.883. The molecule has 0 aliphatic rings. The van der Waals surface area contributed by atoms with Crippen LogP contribution in [0.3, 0.4) is 0 Å². The van der Waals surface area contributed by atoms with Crippen LogP contribution in [0.2, 0.25) is 0 Å². The minimum absolute atomic E-state index is 0.397. The number of amides is 1. The maximum absolute atomic E-state index is 11.4. The van der Waals surface area contributed by atoms with Crippen molar-refractivity contribution in [1.82, 2.24) is 4.57 Å². The zero-order valence-corrected chi connectivity index (χ0v) is 9.71. The molecular weight excluding hydrogens is 224 g/mol. The molecule has 3 nitrogen and oxygen atoms in total. The maximum Gasteiger partial charge on any atom is 0.249 e. The summed E-state index contributed by atoms with van der Waals surface area (Å²) in [4.78, 5) is 11.4. The Labute approximate surface area is 104 Å². The summed E-state index contributed by atoms with van der Waals surface area (Å²) >= 11 is 0. The second kappa shape index (κ2) is 4.04. The van der Waals surface area contributed by atoms with Crippen molar-refractivity contribution in [3.63, 3.8) is 0 Å². The molecule has 0 bridgehead atoms. The molecule has 0 unspecified atom stereocenters. The first-order valence-corrected chi connectivity index (χ1v) is 5.72. The summed E-state index contributed by atoms with van der Waals surface area (Å²) in [6.07, 6.45) is 1.95. The van der Waals surface area contributed by atoms with E-state index < -0.39 is 5.91 Å². The van der Waals surface area contributed by atoms with Crippen LogP contribution in [0.1, 0.15) is 10.4 Å². The largest absolute Gasteiger partial charge is 0.366 e. The molecule has 0 aliphatic heterocycles. The number of carbonyl (C=O) groups excluding carboxylic acids is 1. The first-order chi connectivity index (χ1) is 8.77. The fourth-order valence-corrected chi connectivity index (χ4v) is 2.20. The number of hydrogen-bond acceptors (Lipinski definition) is 1. The lowest BCUT2D eigenvalue weighted by molar-refractivity contribution is 0.100. The van der Waals surface area contributed by atoms with E-state index in [1.165, 1.54) is 0 Å². The third kappa shape index (κ3) is 1.57. The molecule has 0 atom stereocenters. The minimum atomic E-state index is -0.397. The Bertz CT molecular complexity index is 714. The van der Waals surface area contributed by atoms with Gasteiger partial charge in [0.05, 0.1) is 5.52 Å². The van der Waals surface area contributed by atoms with E-state index in [9.17, 15) is 4.79 Å². The van der Waals surface area contributed by atoms with Crippen molar-refractivity contribution in [1.29, 1.82) is 0 Å². The topological polar surface area (TPSA) is 48.0 Å². The SMILES string of the molecule is NC(=O)c1cccc2c1ccn2-c1ccccc1. The number of primary amides is 1. The quantitative estimate of drug-likeness (QED) is 0.730. The fraction of sp³-hybridized carbons (Fsp3) is 0. The highest BCUT2D eigenvalue weighted by atomic mass is 16.1. The average Bonchev–Trinajstić information content (AvgIpc) is 2.83. The van der Waals surface area contributed by atoms with Crippen LogP contribution in [-0.4, -0.2) is 10.5 Å². The molecule has 1 aromatic heterocycles. The number of nitrogens with zero attached hydrogens (tertiary/aromatic N) is 1. The van der Waals surface area contributed by atoms with E-state index in [0.717, 1.165) is 16.6 Å². The molecule has 3 aromatic rings. The van der Waals surface area contributed by atoms with Crippen molar-refractivity contribution in [2.24, 2.45) is 5.73 Å². The first kappa shape index (κ1) is 10.6. The van der Waals surface area contributed by atoms with Gasteiger partial charge < -0.3 is 10.3 Å². The molecule has 2 aromatic carbocycles. The number of para-hydroxylation sites is 1. The smallest absolute Gasteiger partial charge is 0.249 e. The second-order valence-corrected chi connectivity index (χ2v) is 4.12. The summed E-state index contributed by atoms with van der Waals surface area (Å²) in [6.45, 7) is 0. The van der Waals surface area contributed by atoms with Crippen molar-refractivity contribution in [2.75, 3.05) is 0 Å². The molecule has 0 fully saturated rings. The van der Waals surface area contributed by atoms with E-state index in [1.54, 1.807) is 6.07 Å². The van der Waals surface area contributed by atoms with Crippen LogP contribution in [-0.2, 0) is 0 Å². The zero-order valence-electron chi connectivity index (χ0n) is 9.71. The summed E-state index contributed by atoms with van der Waals surface area (Å²) < 4.78 is 2.04. The molecular formula is C15H12N2O. The highest BCUT2D eigenvalue weighted by Gasteiger charge is 2.09. The zero-order chi connectivity index (χ0) is 12.5. The van der Waals surface area contributed by atoms with Crippen molar-refractivity contribution in [3.8, 4) is 5.69 Å². The number of rotatable bonds is 2. The Morgan fingerprint density at radius 2 is 1.72 bits per heavy atom. The van der Waals surface area contributed by atoms with E-state index in [1.807, 2.05) is 59.3 Å². The highest BCUT2D eigenvalue weighted by Crippen LogP contribution is 2.23. The van der Waals surface area contributed by atoms with Crippen LogP contribution in [0.25, 0.3) is 16.6 Å². The molecule has 0 spiro atoms. The Morgan fingerprint density at radius 3 is 2.44 bits per heavy atom. The van der Waals surface area contributed by atoms with Gasteiger partial charge in [0.2, 0.25) is 5.91 Å². The lowest BCUT2D eigenvalue weighted by Gasteiger charge is -2.05. The van der Waals surface area contributed by atoms with Crippen LogP contribution in [0.4, 0.5) is 0 Å². The van der Waals surface area contributed by atoms with Gasteiger partial charge in [-0.05, 0) is 30.3 Å². The summed E-state index contributed by atoms with van der Waals surface area (Å²) in [7, 11) is 0. The van der Waals surface area contributed by atoms with Gasteiger partial charge in [-0.15, -0.1) is 0 Å². The lowest BCUT2D eigenvalue weighted by Crippen LogP contribution is -2.11. The van der Waals surface area contributed by atoms with Gasteiger partial charge in [-0.25, -0.2) is 0 Å². The van der Waals surface area contributed by atoms with Crippen LogP contribution in [0.5, 0.6) is 0 Å². The normalized spacial score (nSPS) is 10.7. The second-order valence-electron chi connectivity index (χ2n) is 4.12. The molecule has 18 heavy (non-hydrogen) atoms. The molecule has 0 radical (unpaired) electrons. The highest BCUT2D eigenvalue weighted by molar-refractivity contribution is 6.06. The molecule has 2 N–H and O–H groups in total. The van der Waals surface area contributed by atoms with Crippen LogP contribution in [0.15, 0.2) is 60.8 Å². The van der Waals surface area contributed by atoms with Gasteiger partial charge in [0.1, 0.15) is 0 Å². The van der Waals surface area contributed by atoms with Gasteiger partial charge in [0.15, 0.2) is 0 Å². The monoisotopic (exact) mass is 236 g/mol. The fourth-order valence-electron chi connectivity index (χ4n) is 2.20. The van der Waals surface area contributed by atoms with E-state index in [0.29, 0.717) is 5.56 Å². The maximum atomic E-state index is 11.4. The standard InChI is InChI=1S/C15H12N2O/c16-15(18)13-7-4-8-14-12(13)9-10-17(14)11-5-2-1-3-6-11/h1-10H,(H2,16,18). The molecule has 3 heteroatoms. The number of hydrogen-bond donors (Lipinski definition) is 1. The van der Waals surface area contributed by atoms with Crippen LogP contribution < -0.4 is 5.73 Å². The average molecular weight is 236 g/mol. The van der Waals surface area contributed by atoms with E-state index in [2.05, 4.69) is 0 Å². The Balaban J connectivity index is 2.28. The number of nitrogens with two attached hydrogens (primary N) is 1. The molecule has 3 rings (SSSR count). The summed E-state index contributed by atoms with van der Waals surface area (Å²) in [5.41, 5.74) is 7.98. The van der Waals surface area contributed by atoms with Crippen molar-refractivity contribution in [3.05, 3.63) is 66.4 Å². The Morgan fingerprint density at radius 1 is 0.944 bits per heavy atom. The third-order valence-corrected chi connectivity index (χ3v) is 3.03. The van der Waals surface area contributed by atoms with Crippen molar-refractivity contribution >= 4 is 16.8 Å². The Kier molecular flexibility index (Phi) is 2.38. The van der Waals surface area contributed by atoms with Crippen molar-refractivity contribution in [2.45, 2.75) is 0 Å². The first-order valence-electron chi connectivity index (χ1n) is 5.72. The predicted octanol–water partition coefficient (Wildman–Crippen LogP) is 2.73. The molecule has 1 heterocycles.